The monoisotopic (exact) mass is 396 g/mol. The van der Waals surface area contributed by atoms with E-state index in [0.29, 0.717) is 31.7 Å². The van der Waals surface area contributed by atoms with Crippen LogP contribution in [0.2, 0.25) is 0 Å². The van der Waals surface area contributed by atoms with Gasteiger partial charge < -0.3 is 19.7 Å². The molecule has 0 aliphatic carbocycles. The number of nitrogens with zero attached hydrogens (tertiary/aromatic N) is 1. The predicted octanol–water partition coefficient (Wildman–Crippen LogP) is 3.21. The zero-order valence-corrected chi connectivity index (χ0v) is 17.2. The van der Waals surface area contributed by atoms with Crippen molar-refractivity contribution in [2.24, 2.45) is 0 Å². The van der Waals surface area contributed by atoms with Gasteiger partial charge in [0.15, 0.2) is 11.5 Å². The van der Waals surface area contributed by atoms with Crippen LogP contribution in [0.3, 0.4) is 0 Å². The summed E-state index contributed by atoms with van der Waals surface area (Å²) in [4.78, 5) is 27.2. The van der Waals surface area contributed by atoms with Gasteiger partial charge in [0.2, 0.25) is 18.6 Å². The summed E-state index contributed by atoms with van der Waals surface area (Å²) in [5.74, 6) is 1.24. The molecule has 0 radical (unpaired) electrons. The zero-order chi connectivity index (χ0) is 20.8. The number of carbonyl (C=O) groups excluding carboxylic acids is 2. The minimum absolute atomic E-state index is 0.0528. The summed E-state index contributed by atoms with van der Waals surface area (Å²) in [6.07, 6.45) is 0.886. The van der Waals surface area contributed by atoms with Crippen molar-refractivity contribution in [2.45, 2.75) is 46.2 Å². The van der Waals surface area contributed by atoms with Gasteiger partial charge in [-0.1, -0.05) is 35.9 Å². The van der Waals surface area contributed by atoms with E-state index in [1.165, 1.54) is 0 Å². The Labute approximate surface area is 171 Å². The lowest BCUT2D eigenvalue weighted by Crippen LogP contribution is -2.47. The zero-order valence-electron chi connectivity index (χ0n) is 17.2. The van der Waals surface area contributed by atoms with E-state index in [0.717, 1.165) is 22.4 Å². The number of hydrogen-bond acceptors (Lipinski definition) is 4. The first-order chi connectivity index (χ1) is 14.0. The first-order valence-corrected chi connectivity index (χ1v) is 9.99. The highest BCUT2D eigenvalue weighted by Crippen LogP contribution is 2.32. The maximum Gasteiger partial charge on any atom is 0.242 e. The fourth-order valence-corrected chi connectivity index (χ4v) is 3.40. The largest absolute Gasteiger partial charge is 0.454 e. The number of carbonyl (C=O) groups is 2. The standard InChI is InChI=1S/C23H28N2O4/c1-4-24-23(27)17(3)25(14-19-7-5-6-16(2)12-19)22(26)11-9-18-8-10-20-21(13-18)29-15-28-20/h5-8,10,12-13,17H,4,9,11,14-15H2,1-3H3,(H,24,27)/t17-/m0/s1. The van der Waals surface area contributed by atoms with Crippen molar-refractivity contribution >= 4 is 11.8 Å². The van der Waals surface area contributed by atoms with Gasteiger partial charge in [0.25, 0.3) is 0 Å². The van der Waals surface area contributed by atoms with Gasteiger partial charge in [-0.2, -0.15) is 0 Å². The van der Waals surface area contributed by atoms with Gasteiger partial charge >= 0.3 is 0 Å². The van der Waals surface area contributed by atoms with E-state index < -0.39 is 6.04 Å². The van der Waals surface area contributed by atoms with Crippen molar-refractivity contribution in [3.8, 4) is 11.5 Å². The molecular formula is C23H28N2O4. The molecule has 0 aromatic heterocycles. The fourth-order valence-electron chi connectivity index (χ4n) is 3.40. The Hall–Kier alpha value is -3.02. The third kappa shape index (κ3) is 5.28. The molecule has 6 heteroatoms. The summed E-state index contributed by atoms with van der Waals surface area (Å²) in [5, 5.41) is 2.82. The van der Waals surface area contributed by atoms with Crippen molar-refractivity contribution in [2.75, 3.05) is 13.3 Å². The Morgan fingerprint density at radius 3 is 2.66 bits per heavy atom. The normalized spacial score (nSPS) is 13.1. The average Bonchev–Trinajstić information content (AvgIpc) is 3.18. The van der Waals surface area contributed by atoms with Gasteiger partial charge in [-0.25, -0.2) is 0 Å². The molecule has 0 saturated carbocycles. The second-order valence-electron chi connectivity index (χ2n) is 7.27. The highest BCUT2D eigenvalue weighted by atomic mass is 16.7. The minimum atomic E-state index is -0.542. The van der Waals surface area contributed by atoms with E-state index >= 15 is 0 Å². The van der Waals surface area contributed by atoms with E-state index in [1.807, 2.05) is 56.3 Å². The molecule has 0 fully saturated rings. The maximum atomic E-state index is 13.1. The molecule has 1 atom stereocenters. The van der Waals surface area contributed by atoms with E-state index in [2.05, 4.69) is 5.32 Å². The molecule has 2 amide bonds. The molecule has 1 aliphatic heterocycles. The number of rotatable bonds is 8. The van der Waals surface area contributed by atoms with Gasteiger partial charge in [-0.15, -0.1) is 0 Å². The molecule has 2 aromatic carbocycles. The molecule has 0 spiro atoms. The van der Waals surface area contributed by atoms with Crippen molar-refractivity contribution in [3.63, 3.8) is 0 Å². The number of aryl methyl sites for hydroxylation is 2. The highest BCUT2D eigenvalue weighted by Gasteiger charge is 2.25. The van der Waals surface area contributed by atoms with Gasteiger partial charge in [0.1, 0.15) is 6.04 Å². The minimum Gasteiger partial charge on any atom is -0.454 e. The lowest BCUT2D eigenvalue weighted by atomic mass is 10.1. The van der Waals surface area contributed by atoms with Gasteiger partial charge in [-0.05, 0) is 50.5 Å². The van der Waals surface area contributed by atoms with E-state index in [1.54, 1.807) is 11.8 Å². The number of amides is 2. The maximum absolute atomic E-state index is 13.1. The van der Waals surface area contributed by atoms with Crippen LogP contribution in [0.5, 0.6) is 11.5 Å². The van der Waals surface area contributed by atoms with E-state index in [4.69, 9.17) is 9.47 Å². The summed E-state index contributed by atoms with van der Waals surface area (Å²) >= 11 is 0. The van der Waals surface area contributed by atoms with Crippen LogP contribution in [0.25, 0.3) is 0 Å². The summed E-state index contributed by atoms with van der Waals surface area (Å²) in [6.45, 7) is 6.83. The SMILES string of the molecule is CCNC(=O)[C@H](C)N(Cc1cccc(C)c1)C(=O)CCc1ccc2c(c1)OCO2. The van der Waals surface area contributed by atoms with Crippen LogP contribution in [-0.2, 0) is 22.6 Å². The first kappa shape index (κ1) is 20.7. The van der Waals surface area contributed by atoms with Crippen molar-refractivity contribution in [1.82, 2.24) is 10.2 Å². The molecule has 1 heterocycles. The molecule has 154 valence electrons. The molecule has 2 aromatic rings. The van der Waals surface area contributed by atoms with Gasteiger partial charge in [0.05, 0.1) is 0 Å². The second kappa shape index (κ2) is 9.45. The number of nitrogens with one attached hydrogen (secondary N) is 1. The predicted molar refractivity (Wildman–Crippen MR) is 111 cm³/mol. The van der Waals surface area contributed by atoms with E-state index in [-0.39, 0.29) is 18.6 Å². The molecule has 1 aliphatic rings. The number of hydrogen-bond donors (Lipinski definition) is 1. The molecule has 0 saturated heterocycles. The molecule has 0 unspecified atom stereocenters. The van der Waals surface area contributed by atoms with Crippen LogP contribution in [-0.4, -0.2) is 36.1 Å². The molecule has 3 rings (SSSR count). The van der Waals surface area contributed by atoms with E-state index in [9.17, 15) is 9.59 Å². The summed E-state index contributed by atoms with van der Waals surface area (Å²) in [5.41, 5.74) is 3.14. The highest BCUT2D eigenvalue weighted by molar-refractivity contribution is 5.87. The average molecular weight is 396 g/mol. The quantitative estimate of drug-likeness (QED) is 0.744. The lowest BCUT2D eigenvalue weighted by Gasteiger charge is -2.29. The third-order valence-corrected chi connectivity index (χ3v) is 5.02. The van der Waals surface area contributed by atoms with Crippen molar-refractivity contribution in [3.05, 3.63) is 59.2 Å². The smallest absolute Gasteiger partial charge is 0.242 e. The summed E-state index contributed by atoms with van der Waals surface area (Å²) in [7, 11) is 0. The fraction of sp³-hybridized carbons (Fsp3) is 0.391. The topological polar surface area (TPSA) is 67.9 Å². The van der Waals surface area contributed by atoms with Crippen molar-refractivity contribution < 1.29 is 19.1 Å². The lowest BCUT2D eigenvalue weighted by molar-refractivity contribution is -0.140. The molecule has 1 N–H and O–H groups in total. The Morgan fingerprint density at radius 1 is 1.10 bits per heavy atom. The number of benzene rings is 2. The molecule has 0 bridgehead atoms. The van der Waals surface area contributed by atoms with Crippen molar-refractivity contribution in [1.29, 1.82) is 0 Å². The van der Waals surface area contributed by atoms with Gasteiger partial charge in [0, 0.05) is 19.5 Å². The molecular weight excluding hydrogens is 368 g/mol. The number of ether oxygens (including phenoxy) is 2. The van der Waals surface area contributed by atoms with Gasteiger partial charge in [-0.3, -0.25) is 9.59 Å². The van der Waals surface area contributed by atoms with Crippen LogP contribution >= 0.6 is 0 Å². The second-order valence-corrected chi connectivity index (χ2v) is 7.27. The van der Waals surface area contributed by atoms with Crippen LogP contribution in [0.4, 0.5) is 0 Å². The number of fused-ring (bicyclic) bond motifs is 1. The number of likely N-dealkylation sites (N-methyl/N-ethyl adjacent to an activating group) is 1. The van der Waals surface area contributed by atoms with Crippen LogP contribution in [0, 0.1) is 6.92 Å². The Morgan fingerprint density at radius 2 is 1.90 bits per heavy atom. The summed E-state index contributed by atoms with van der Waals surface area (Å²) < 4.78 is 10.7. The summed E-state index contributed by atoms with van der Waals surface area (Å²) in [6, 6.07) is 13.2. The molecule has 29 heavy (non-hydrogen) atoms. The van der Waals surface area contributed by atoms with Crippen LogP contribution in [0.1, 0.15) is 37.0 Å². The third-order valence-electron chi connectivity index (χ3n) is 5.02. The molecule has 6 nitrogen and oxygen atoms in total. The Balaban J connectivity index is 1.71. The van der Waals surface area contributed by atoms with Crippen LogP contribution < -0.4 is 14.8 Å². The first-order valence-electron chi connectivity index (χ1n) is 9.99. The Kier molecular flexibility index (Phi) is 6.75. The van der Waals surface area contributed by atoms with Crippen LogP contribution in [0.15, 0.2) is 42.5 Å². The Bertz CT molecular complexity index is 881.